The number of carbonyl (C=O) groups is 1. The van der Waals surface area contributed by atoms with E-state index in [1.165, 1.54) is 0 Å². The molecule has 3 heterocycles. The molecule has 0 saturated carbocycles. The van der Waals surface area contributed by atoms with Crippen molar-refractivity contribution < 1.29 is 9.53 Å². The van der Waals surface area contributed by atoms with Crippen molar-refractivity contribution in [3.8, 4) is 5.75 Å². The van der Waals surface area contributed by atoms with Crippen molar-refractivity contribution in [1.82, 2.24) is 14.7 Å². The molecule has 0 unspecified atom stereocenters. The largest absolute Gasteiger partial charge is 0.484 e. The van der Waals surface area contributed by atoms with Crippen LogP contribution in [0.2, 0.25) is 0 Å². The number of rotatable bonds is 6. The third-order valence-electron chi connectivity index (χ3n) is 5.52. The number of amides is 1. The predicted octanol–water partition coefficient (Wildman–Crippen LogP) is 4.31. The van der Waals surface area contributed by atoms with Crippen LogP contribution in [0.5, 0.6) is 5.75 Å². The number of carbonyl (C=O) groups excluding carboxylic acids is 1. The van der Waals surface area contributed by atoms with E-state index in [0.29, 0.717) is 29.7 Å². The fourth-order valence-electron chi connectivity index (χ4n) is 4.15. The van der Waals surface area contributed by atoms with Crippen LogP contribution < -0.4 is 15.5 Å². The maximum atomic E-state index is 13.5. The van der Waals surface area contributed by atoms with Gasteiger partial charge in [-0.25, -0.2) is 0 Å². The maximum absolute atomic E-state index is 13.5. The molecule has 5 aromatic rings. The van der Waals surface area contributed by atoms with E-state index < -0.39 is 0 Å². The molecule has 6 nitrogen and oxygen atoms in total. The molecule has 160 valence electrons. The lowest BCUT2D eigenvalue weighted by Crippen LogP contribution is -2.28. The Morgan fingerprint density at radius 1 is 1.16 bits per heavy atom. The summed E-state index contributed by atoms with van der Waals surface area (Å²) < 4.78 is 8.80. The zero-order valence-electron chi connectivity index (χ0n) is 17.4. The lowest BCUT2D eigenvalue weighted by atomic mass is 10.0. The van der Waals surface area contributed by atoms with Gasteiger partial charge in [0.2, 0.25) is 0 Å². The Labute approximate surface area is 192 Å². The van der Waals surface area contributed by atoms with E-state index in [9.17, 15) is 9.59 Å². The molecule has 32 heavy (non-hydrogen) atoms. The molecule has 3 aromatic heterocycles. The van der Waals surface area contributed by atoms with Gasteiger partial charge in [0.25, 0.3) is 5.91 Å². The Kier molecular flexibility index (Phi) is 5.27. The molecular formula is C25H20BrN3O3. The van der Waals surface area contributed by atoms with Crippen molar-refractivity contribution in [2.24, 2.45) is 0 Å². The van der Waals surface area contributed by atoms with Gasteiger partial charge in [0.15, 0.2) is 12.0 Å². The van der Waals surface area contributed by atoms with Gasteiger partial charge in [-0.3, -0.25) is 14.6 Å². The number of hydrogen-bond donors (Lipinski definition) is 1. The van der Waals surface area contributed by atoms with Crippen molar-refractivity contribution >= 4 is 49.0 Å². The second kappa shape index (κ2) is 8.24. The van der Waals surface area contributed by atoms with Crippen LogP contribution in [-0.4, -0.2) is 28.4 Å². The summed E-state index contributed by atoms with van der Waals surface area (Å²) >= 11 is 3.55. The number of aromatic nitrogens is 2. The van der Waals surface area contributed by atoms with Gasteiger partial charge >= 0.3 is 0 Å². The monoisotopic (exact) mass is 489 g/mol. The molecule has 0 spiro atoms. The molecule has 1 amide bonds. The molecule has 1 N–H and O–H groups in total. The summed E-state index contributed by atoms with van der Waals surface area (Å²) in [6.07, 6.45) is 5.90. The van der Waals surface area contributed by atoms with Crippen LogP contribution in [-0.2, 0) is 11.2 Å². The number of nitrogens with zero attached hydrogens (tertiary/aromatic N) is 2. The van der Waals surface area contributed by atoms with E-state index >= 15 is 0 Å². The number of halogens is 1. The molecular weight excluding hydrogens is 470 g/mol. The van der Waals surface area contributed by atoms with Gasteiger partial charge in [-0.1, -0.05) is 22.0 Å². The highest BCUT2D eigenvalue weighted by molar-refractivity contribution is 9.10. The topological polar surface area (TPSA) is 72.7 Å². The zero-order chi connectivity index (χ0) is 22.2. The minimum atomic E-state index is -0.199. The standard InChI is InChI=1S/C25H20BrN3O3/c1-2-28-23(30)14-32-18-10-20-19-9-17(26)5-6-22(19)29-13-16(8-15-4-3-7-27-12-15)25(31)21(11-18)24(20)29/h3-7,9-13H,2,8,14H2,1H3,(H,28,30). The molecule has 0 aliphatic rings. The molecule has 0 aliphatic heterocycles. The number of hydrogen-bond acceptors (Lipinski definition) is 4. The van der Waals surface area contributed by atoms with Gasteiger partial charge in [-0.05, 0) is 48.9 Å². The van der Waals surface area contributed by atoms with Crippen LogP contribution in [0.15, 0.2) is 70.3 Å². The summed E-state index contributed by atoms with van der Waals surface area (Å²) in [5, 5.41) is 5.21. The molecule has 7 heteroatoms. The van der Waals surface area contributed by atoms with Crippen molar-refractivity contribution in [3.63, 3.8) is 0 Å². The highest BCUT2D eigenvalue weighted by Gasteiger charge is 2.18. The van der Waals surface area contributed by atoms with Crippen LogP contribution in [0.3, 0.4) is 0 Å². The van der Waals surface area contributed by atoms with Gasteiger partial charge in [0.1, 0.15) is 5.75 Å². The average molecular weight is 490 g/mol. The summed E-state index contributed by atoms with van der Waals surface area (Å²) in [5.41, 5.74) is 3.45. The lowest BCUT2D eigenvalue weighted by molar-refractivity contribution is -0.122. The Balaban J connectivity index is 1.73. The Morgan fingerprint density at radius 3 is 2.78 bits per heavy atom. The Bertz CT molecular complexity index is 1510. The van der Waals surface area contributed by atoms with Crippen LogP contribution >= 0.6 is 15.9 Å². The third-order valence-corrected chi connectivity index (χ3v) is 6.01. The van der Waals surface area contributed by atoms with Gasteiger partial charge in [-0.2, -0.15) is 0 Å². The highest BCUT2D eigenvalue weighted by Crippen LogP contribution is 2.35. The Morgan fingerprint density at radius 2 is 2.00 bits per heavy atom. The normalized spacial score (nSPS) is 11.4. The summed E-state index contributed by atoms with van der Waals surface area (Å²) in [4.78, 5) is 29.6. The van der Waals surface area contributed by atoms with Crippen LogP contribution in [0.25, 0.3) is 27.2 Å². The average Bonchev–Trinajstić information content (AvgIpc) is 3.09. The van der Waals surface area contributed by atoms with Crippen molar-refractivity contribution in [1.29, 1.82) is 0 Å². The number of fused-ring (bicyclic) bond motifs is 3. The van der Waals surface area contributed by atoms with Crippen molar-refractivity contribution in [2.45, 2.75) is 13.3 Å². The maximum Gasteiger partial charge on any atom is 0.257 e. The number of nitrogens with one attached hydrogen (secondary N) is 1. The van der Waals surface area contributed by atoms with Crippen molar-refractivity contribution in [2.75, 3.05) is 13.2 Å². The first-order valence-electron chi connectivity index (χ1n) is 10.4. The molecule has 0 atom stereocenters. The van der Waals surface area contributed by atoms with Gasteiger partial charge in [0.05, 0.1) is 16.4 Å². The third kappa shape index (κ3) is 3.58. The second-order valence-corrected chi connectivity index (χ2v) is 8.58. The second-order valence-electron chi connectivity index (χ2n) is 7.66. The van der Waals surface area contributed by atoms with Crippen LogP contribution in [0.1, 0.15) is 18.1 Å². The first-order valence-corrected chi connectivity index (χ1v) is 11.2. The van der Waals surface area contributed by atoms with Gasteiger partial charge in [-0.15, -0.1) is 0 Å². The van der Waals surface area contributed by atoms with E-state index in [-0.39, 0.29) is 17.9 Å². The highest BCUT2D eigenvalue weighted by atomic mass is 79.9. The minimum Gasteiger partial charge on any atom is -0.484 e. The fourth-order valence-corrected chi connectivity index (χ4v) is 4.51. The fraction of sp³-hybridized carbons (Fsp3) is 0.160. The molecule has 5 rings (SSSR count). The first-order chi connectivity index (χ1) is 15.5. The number of pyridine rings is 2. The summed E-state index contributed by atoms with van der Waals surface area (Å²) in [6, 6.07) is 13.5. The molecule has 0 fully saturated rings. The smallest absolute Gasteiger partial charge is 0.257 e. The molecule has 0 aliphatic carbocycles. The van der Waals surface area contributed by atoms with E-state index in [1.54, 1.807) is 18.5 Å². The van der Waals surface area contributed by atoms with Crippen molar-refractivity contribution in [3.05, 3.63) is 86.9 Å². The van der Waals surface area contributed by atoms with E-state index in [4.69, 9.17) is 4.74 Å². The zero-order valence-corrected chi connectivity index (χ0v) is 19.0. The number of ether oxygens (including phenoxy) is 1. The predicted molar refractivity (Wildman–Crippen MR) is 129 cm³/mol. The number of benzene rings is 2. The summed E-state index contributed by atoms with van der Waals surface area (Å²) in [5.74, 6) is 0.295. The van der Waals surface area contributed by atoms with E-state index in [0.717, 1.165) is 31.8 Å². The molecule has 2 aromatic carbocycles. The van der Waals surface area contributed by atoms with E-state index in [1.807, 2.05) is 49.5 Å². The van der Waals surface area contributed by atoms with Crippen LogP contribution in [0.4, 0.5) is 0 Å². The quantitative estimate of drug-likeness (QED) is 0.385. The molecule has 0 bridgehead atoms. The minimum absolute atomic E-state index is 0.0447. The van der Waals surface area contributed by atoms with Crippen LogP contribution in [0, 0.1) is 0 Å². The van der Waals surface area contributed by atoms with Gasteiger partial charge < -0.3 is 14.5 Å². The summed E-state index contributed by atoms with van der Waals surface area (Å²) in [6.45, 7) is 2.29. The first kappa shape index (κ1) is 20.5. The SMILES string of the molecule is CCNC(=O)COc1cc2c(=O)c(Cc3cccnc3)cn3c4ccc(Br)cc4c(c1)c23. The lowest BCUT2D eigenvalue weighted by Gasteiger charge is -2.10. The molecule has 0 saturated heterocycles. The van der Waals surface area contributed by atoms with Gasteiger partial charge in [0, 0.05) is 52.4 Å². The summed E-state index contributed by atoms with van der Waals surface area (Å²) in [7, 11) is 0. The Hall–Kier alpha value is -3.45. The molecule has 0 radical (unpaired) electrons. The van der Waals surface area contributed by atoms with E-state index in [2.05, 4.69) is 30.6 Å². The number of likely N-dealkylation sites (N-methyl/N-ethyl adjacent to an activating group) is 1.